The van der Waals surface area contributed by atoms with Crippen LogP contribution in [0, 0.1) is 0 Å². The van der Waals surface area contributed by atoms with E-state index in [0.29, 0.717) is 13.0 Å². The average molecular weight is 338 g/mol. The van der Waals surface area contributed by atoms with Gasteiger partial charge in [-0.3, -0.25) is 0 Å². The molecule has 3 rings (SSSR count). The molecule has 0 aliphatic carbocycles. The summed E-state index contributed by atoms with van der Waals surface area (Å²) in [6.45, 7) is 0.688. The molecule has 2 fully saturated rings. The predicted molar refractivity (Wildman–Crippen MR) is 87.3 cm³/mol. The van der Waals surface area contributed by atoms with Crippen LogP contribution < -0.4 is 10.1 Å². The summed E-state index contributed by atoms with van der Waals surface area (Å²) in [5.74, 6) is 0.991. The van der Waals surface area contributed by atoms with Crippen LogP contribution in [-0.4, -0.2) is 50.6 Å². The second kappa shape index (κ2) is 6.39. The first kappa shape index (κ1) is 16.1. The number of hydrogen-bond acceptors (Lipinski definition) is 4. The van der Waals surface area contributed by atoms with Crippen LogP contribution in [0.5, 0.6) is 5.75 Å². The fourth-order valence-electron chi connectivity index (χ4n) is 3.37. The second-order valence-electron chi connectivity index (χ2n) is 6.18. The molecule has 126 valence electrons. The number of rotatable bonds is 3. The number of amides is 2. The van der Waals surface area contributed by atoms with Crippen molar-refractivity contribution in [2.45, 2.75) is 31.3 Å². The van der Waals surface area contributed by atoms with E-state index in [1.54, 1.807) is 12.0 Å². The number of hydrogen-bond donors (Lipinski definition) is 1. The summed E-state index contributed by atoms with van der Waals surface area (Å²) in [4.78, 5) is 14.3. The molecule has 7 heteroatoms. The number of nitrogens with zero attached hydrogens (tertiary/aromatic N) is 1. The Labute approximate surface area is 136 Å². The second-order valence-corrected chi connectivity index (χ2v) is 8.41. The molecular formula is C16H22N2O4S. The van der Waals surface area contributed by atoms with Gasteiger partial charge >= 0.3 is 6.03 Å². The molecule has 2 heterocycles. The smallest absolute Gasteiger partial charge is 0.318 e. The molecule has 0 radical (unpaired) electrons. The quantitative estimate of drug-likeness (QED) is 0.911. The third kappa shape index (κ3) is 3.60. The number of likely N-dealkylation sites (tertiary alicyclic amines) is 1. The first-order valence-corrected chi connectivity index (χ1v) is 9.72. The molecule has 0 saturated carbocycles. The van der Waals surface area contributed by atoms with Crippen molar-refractivity contribution in [2.75, 3.05) is 25.2 Å². The van der Waals surface area contributed by atoms with Gasteiger partial charge in [0.1, 0.15) is 5.75 Å². The lowest BCUT2D eigenvalue weighted by Crippen LogP contribution is -2.45. The van der Waals surface area contributed by atoms with Gasteiger partial charge in [0, 0.05) is 12.6 Å². The summed E-state index contributed by atoms with van der Waals surface area (Å²) in [6, 6.07) is 7.34. The minimum absolute atomic E-state index is 0.0168. The third-order valence-corrected chi connectivity index (χ3v) is 6.32. The molecule has 2 saturated heterocycles. The largest absolute Gasteiger partial charge is 0.497 e. The van der Waals surface area contributed by atoms with Gasteiger partial charge in [0.2, 0.25) is 0 Å². The van der Waals surface area contributed by atoms with Gasteiger partial charge in [0.15, 0.2) is 9.84 Å². The van der Waals surface area contributed by atoms with E-state index < -0.39 is 9.84 Å². The van der Waals surface area contributed by atoms with Crippen molar-refractivity contribution in [3.8, 4) is 5.75 Å². The molecule has 1 aromatic carbocycles. The highest BCUT2D eigenvalue weighted by molar-refractivity contribution is 7.91. The van der Waals surface area contributed by atoms with E-state index in [4.69, 9.17) is 4.74 Å². The first-order valence-electron chi connectivity index (χ1n) is 7.90. The van der Waals surface area contributed by atoms with Gasteiger partial charge in [0.05, 0.1) is 24.7 Å². The Morgan fingerprint density at radius 1 is 1.35 bits per heavy atom. The van der Waals surface area contributed by atoms with E-state index in [2.05, 4.69) is 5.32 Å². The molecule has 0 spiro atoms. The zero-order valence-corrected chi connectivity index (χ0v) is 14.0. The molecule has 0 bridgehead atoms. The number of carbonyl (C=O) groups excluding carboxylic acids is 1. The number of methoxy groups -OCH3 is 1. The van der Waals surface area contributed by atoms with Crippen LogP contribution in [0.1, 0.15) is 30.9 Å². The van der Waals surface area contributed by atoms with Crippen LogP contribution >= 0.6 is 0 Å². The predicted octanol–water partition coefficient (Wildman–Crippen LogP) is 1.73. The van der Waals surface area contributed by atoms with Gasteiger partial charge in [-0.25, -0.2) is 13.2 Å². The van der Waals surface area contributed by atoms with Crippen LogP contribution in [0.3, 0.4) is 0 Å². The molecule has 2 aliphatic rings. The molecule has 6 nitrogen and oxygen atoms in total. The number of carbonyl (C=O) groups is 1. The van der Waals surface area contributed by atoms with Gasteiger partial charge < -0.3 is 15.0 Å². The zero-order chi connectivity index (χ0) is 16.4. The third-order valence-electron chi connectivity index (χ3n) is 4.55. The fraction of sp³-hybridized carbons (Fsp3) is 0.562. The summed E-state index contributed by atoms with van der Waals surface area (Å²) in [7, 11) is -1.37. The van der Waals surface area contributed by atoms with Crippen molar-refractivity contribution in [1.29, 1.82) is 0 Å². The molecule has 2 atom stereocenters. The summed E-state index contributed by atoms with van der Waals surface area (Å²) in [5, 5.41) is 2.88. The molecule has 1 aromatic rings. The highest BCUT2D eigenvalue weighted by atomic mass is 32.2. The monoisotopic (exact) mass is 338 g/mol. The van der Waals surface area contributed by atoms with Gasteiger partial charge in [-0.05, 0) is 37.0 Å². The molecule has 2 amide bonds. The average Bonchev–Trinajstić information content (AvgIpc) is 3.14. The number of benzene rings is 1. The number of sulfone groups is 1. The molecule has 1 N–H and O–H groups in total. The summed E-state index contributed by atoms with van der Waals surface area (Å²) >= 11 is 0. The summed E-state index contributed by atoms with van der Waals surface area (Å²) < 4.78 is 28.3. The lowest BCUT2D eigenvalue weighted by Gasteiger charge is -2.27. The standard InChI is InChI=1S/C16H22N2O4S/c1-22-14-5-2-4-12(10-14)15-6-3-8-18(15)16(19)17-13-7-9-23(20,21)11-13/h2,4-5,10,13,15H,3,6-9,11H2,1H3,(H,17,19). The minimum atomic E-state index is -2.99. The van der Waals surface area contributed by atoms with E-state index >= 15 is 0 Å². The van der Waals surface area contributed by atoms with Crippen LogP contribution in [-0.2, 0) is 9.84 Å². The maximum atomic E-state index is 12.5. The summed E-state index contributed by atoms with van der Waals surface area (Å²) in [6.07, 6.45) is 2.35. The summed E-state index contributed by atoms with van der Waals surface area (Å²) in [5.41, 5.74) is 1.05. The molecule has 2 unspecified atom stereocenters. The van der Waals surface area contributed by atoms with E-state index in [0.717, 1.165) is 24.2 Å². The van der Waals surface area contributed by atoms with Crippen molar-refractivity contribution >= 4 is 15.9 Å². The molecule has 2 aliphatic heterocycles. The SMILES string of the molecule is COc1cccc(C2CCCN2C(=O)NC2CCS(=O)(=O)C2)c1. The Kier molecular flexibility index (Phi) is 4.48. The van der Waals surface area contributed by atoms with Gasteiger partial charge in [-0.15, -0.1) is 0 Å². The van der Waals surface area contributed by atoms with Gasteiger partial charge in [-0.2, -0.15) is 0 Å². The van der Waals surface area contributed by atoms with Gasteiger partial charge in [0.25, 0.3) is 0 Å². The highest BCUT2D eigenvalue weighted by Crippen LogP contribution is 2.33. The van der Waals surface area contributed by atoms with Crippen molar-refractivity contribution in [3.05, 3.63) is 29.8 Å². The highest BCUT2D eigenvalue weighted by Gasteiger charge is 2.34. The van der Waals surface area contributed by atoms with E-state index in [1.165, 1.54) is 0 Å². The lowest BCUT2D eigenvalue weighted by atomic mass is 10.0. The Morgan fingerprint density at radius 2 is 2.17 bits per heavy atom. The minimum Gasteiger partial charge on any atom is -0.497 e. The van der Waals surface area contributed by atoms with Crippen LogP contribution in [0.25, 0.3) is 0 Å². The van der Waals surface area contributed by atoms with E-state index in [9.17, 15) is 13.2 Å². The normalized spacial score (nSPS) is 26.2. The topological polar surface area (TPSA) is 75.7 Å². The maximum Gasteiger partial charge on any atom is 0.318 e. The Balaban J connectivity index is 1.69. The number of urea groups is 1. The zero-order valence-electron chi connectivity index (χ0n) is 13.2. The Morgan fingerprint density at radius 3 is 2.87 bits per heavy atom. The number of ether oxygens (including phenoxy) is 1. The van der Waals surface area contributed by atoms with Crippen LogP contribution in [0.2, 0.25) is 0 Å². The van der Waals surface area contributed by atoms with Crippen molar-refractivity contribution < 1.29 is 17.9 Å². The van der Waals surface area contributed by atoms with Crippen molar-refractivity contribution in [3.63, 3.8) is 0 Å². The Hall–Kier alpha value is -1.76. The van der Waals surface area contributed by atoms with Crippen LogP contribution in [0.4, 0.5) is 4.79 Å². The number of nitrogens with one attached hydrogen (secondary N) is 1. The molecule has 0 aromatic heterocycles. The lowest BCUT2D eigenvalue weighted by molar-refractivity contribution is 0.190. The molecular weight excluding hydrogens is 316 g/mol. The van der Waals surface area contributed by atoms with Gasteiger partial charge in [-0.1, -0.05) is 12.1 Å². The first-order chi connectivity index (χ1) is 11.0. The van der Waals surface area contributed by atoms with Crippen molar-refractivity contribution in [1.82, 2.24) is 10.2 Å². The Bertz CT molecular complexity index is 689. The van der Waals surface area contributed by atoms with Crippen LogP contribution in [0.15, 0.2) is 24.3 Å². The van der Waals surface area contributed by atoms with E-state index in [1.807, 2.05) is 24.3 Å². The van der Waals surface area contributed by atoms with E-state index in [-0.39, 0.29) is 29.6 Å². The molecule has 23 heavy (non-hydrogen) atoms. The maximum absolute atomic E-state index is 12.5. The van der Waals surface area contributed by atoms with Crippen molar-refractivity contribution in [2.24, 2.45) is 0 Å². The fourth-order valence-corrected chi connectivity index (χ4v) is 5.04.